The van der Waals surface area contributed by atoms with Crippen LogP contribution in [0.4, 0.5) is 10.7 Å². The Bertz CT molecular complexity index is 1980. The van der Waals surface area contributed by atoms with Crippen molar-refractivity contribution in [3.63, 3.8) is 0 Å². The summed E-state index contributed by atoms with van der Waals surface area (Å²) in [5, 5.41) is 3.85. The van der Waals surface area contributed by atoms with E-state index in [2.05, 4.69) is 16.3 Å². The maximum atomic E-state index is 14.4. The molecule has 1 amide bonds. The average Bonchev–Trinajstić information content (AvgIpc) is 3.61. The second-order valence-corrected chi connectivity index (χ2v) is 13.9. The molecule has 1 atom stereocenters. The number of carbonyl (C=O) groups is 1. The van der Waals surface area contributed by atoms with E-state index >= 15 is 0 Å². The summed E-state index contributed by atoms with van der Waals surface area (Å²) >= 11 is 0. The zero-order chi connectivity index (χ0) is 32.2. The first-order valence-electron chi connectivity index (χ1n) is 16.4. The lowest BCUT2D eigenvalue weighted by atomic mass is 10.1. The maximum Gasteiger partial charge on any atom is 0.407 e. The number of alkyl carbamates (subject to hydrolysis) is 1. The van der Waals surface area contributed by atoms with E-state index in [0.29, 0.717) is 48.4 Å². The van der Waals surface area contributed by atoms with E-state index in [1.54, 1.807) is 7.05 Å². The minimum atomic E-state index is -0.594. The number of nitrogens with one attached hydrogen (secondary N) is 1. The highest BCUT2D eigenvalue weighted by Gasteiger charge is 2.31. The Kier molecular flexibility index (Phi) is 7.68. The van der Waals surface area contributed by atoms with Crippen molar-refractivity contribution in [1.29, 1.82) is 0 Å². The van der Waals surface area contributed by atoms with Crippen LogP contribution in [0, 0.1) is 0 Å². The van der Waals surface area contributed by atoms with Crippen molar-refractivity contribution in [2.24, 2.45) is 7.05 Å². The van der Waals surface area contributed by atoms with Crippen LogP contribution in [-0.4, -0.2) is 59.5 Å². The first kappa shape index (κ1) is 30.2. The van der Waals surface area contributed by atoms with Crippen LogP contribution in [-0.2, 0) is 24.9 Å². The number of para-hydroxylation sites is 1. The van der Waals surface area contributed by atoms with E-state index in [1.165, 1.54) is 14.7 Å². The molecule has 2 aliphatic carbocycles. The molecule has 4 aromatic rings. The second kappa shape index (κ2) is 11.7. The van der Waals surface area contributed by atoms with Gasteiger partial charge >= 0.3 is 11.8 Å². The molecule has 4 heterocycles. The van der Waals surface area contributed by atoms with Crippen molar-refractivity contribution in [1.82, 2.24) is 34.0 Å². The van der Waals surface area contributed by atoms with Gasteiger partial charge < -0.3 is 19.5 Å². The normalized spacial score (nSPS) is 18.7. The summed E-state index contributed by atoms with van der Waals surface area (Å²) in [5.74, 6) is 1.74. The Hall–Kier alpha value is -4.48. The van der Waals surface area contributed by atoms with Crippen molar-refractivity contribution in [2.45, 2.75) is 96.4 Å². The molecular weight excluding hydrogens is 584 g/mol. The van der Waals surface area contributed by atoms with E-state index in [9.17, 15) is 14.4 Å². The Labute approximate surface area is 267 Å². The lowest BCUT2D eigenvalue weighted by Crippen LogP contribution is -2.49. The molecule has 12 heteroatoms. The fourth-order valence-electron chi connectivity index (χ4n) is 6.68. The fraction of sp³-hybridized carbons (Fsp3) is 0.529. The number of aryl methyl sites for hydroxylation is 1. The zero-order valence-corrected chi connectivity index (χ0v) is 27.1. The van der Waals surface area contributed by atoms with Crippen LogP contribution in [0.3, 0.4) is 0 Å². The van der Waals surface area contributed by atoms with E-state index in [-0.39, 0.29) is 18.1 Å². The smallest absolute Gasteiger partial charge is 0.407 e. The third kappa shape index (κ3) is 5.92. The Balaban J connectivity index is 1.31. The van der Waals surface area contributed by atoms with Gasteiger partial charge in [0.1, 0.15) is 11.4 Å². The third-order valence-corrected chi connectivity index (χ3v) is 9.08. The summed E-state index contributed by atoms with van der Waals surface area (Å²) in [6.07, 6.45) is 8.58. The van der Waals surface area contributed by atoms with Crippen LogP contribution in [0.1, 0.15) is 83.2 Å². The zero-order valence-electron chi connectivity index (χ0n) is 27.1. The van der Waals surface area contributed by atoms with Gasteiger partial charge in [-0.3, -0.25) is 13.9 Å². The molecule has 3 aliphatic rings. The van der Waals surface area contributed by atoms with Crippen molar-refractivity contribution in [3.8, 4) is 0 Å². The number of allylic oxidation sites excluding steroid dienone is 2. The lowest BCUT2D eigenvalue weighted by molar-refractivity contribution is 0.0499. The van der Waals surface area contributed by atoms with E-state index < -0.39 is 17.4 Å². The van der Waals surface area contributed by atoms with Gasteiger partial charge in [0.15, 0.2) is 11.2 Å². The molecule has 2 fully saturated rings. The molecule has 12 nitrogen and oxygen atoms in total. The number of fused-ring (bicyclic) bond motifs is 2. The standard InChI is InChI=1S/C34H42N8O4/c1-34(2,3)46-32(44)35-23-12-9-17-40(19-23)31-38-29-27(41(31)18-21-10-5-6-11-21)30(43)42(33(45)39(29)4)20-26-24-13-7-8-14-25(24)36-28(37-26)22-15-16-22/h7-8,10,13-14,22-23H,5-6,9,11-12,15-20H2,1-4H3,(H,35,44). The number of rotatable bonds is 7. The lowest BCUT2D eigenvalue weighted by Gasteiger charge is -2.34. The van der Waals surface area contributed by atoms with E-state index in [1.807, 2.05) is 49.6 Å². The van der Waals surface area contributed by atoms with Gasteiger partial charge in [-0.25, -0.2) is 19.6 Å². The summed E-state index contributed by atoms with van der Waals surface area (Å²) < 4.78 is 10.3. The highest BCUT2D eigenvalue weighted by atomic mass is 16.6. The highest BCUT2D eigenvalue weighted by molar-refractivity contribution is 5.81. The number of ether oxygens (including phenoxy) is 1. The minimum Gasteiger partial charge on any atom is -0.444 e. The van der Waals surface area contributed by atoms with Crippen molar-refractivity contribution in [3.05, 3.63) is 68.3 Å². The van der Waals surface area contributed by atoms with E-state index in [4.69, 9.17) is 19.7 Å². The molecule has 1 aliphatic heterocycles. The first-order chi connectivity index (χ1) is 22.1. The number of hydrogen-bond donors (Lipinski definition) is 1. The maximum absolute atomic E-state index is 14.4. The number of hydrogen-bond acceptors (Lipinski definition) is 8. The van der Waals surface area contributed by atoms with Crippen molar-refractivity contribution < 1.29 is 9.53 Å². The van der Waals surface area contributed by atoms with Gasteiger partial charge in [-0.1, -0.05) is 29.8 Å². The second-order valence-electron chi connectivity index (χ2n) is 13.9. The number of piperidine rings is 1. The topological polar surface area (TPSA) is 129 Å². The van der Waals surface area contributed by atoms with Crippen LogP contribution in [0.5, 0.6) is 0 Å². The summed E-state index contributed by atoms with van der Waals surface area (Å²) in [5.41, 5.74) is 2.07. The SMILES string of the molecule is Cn1c(=O)n(Cc2nc(C3CC3)nc3ccccc23)c(=O)c2c1nc(N1CCCC(NC(=O)OC(C)(C)C)C1)n2CC1=CCCC1. The molecule has 1 saturated heterocycles. The summed E-state index contributed by atoms with van der Waals surface area (Å²) in [7, 11) is 1.67. The van der Waals surface area contributed by atoms with Gasteiger partial charge in [0.05, 0.1) is 17.8 Å². The van der Waals surface area contributed by atoms with Gasteiger partial charge in [-0.05, 0) is 71.8 Å². The third-order valence-electron chi connectivity index (χ3n) is 9.08. The number of nitrogens with zero attached hydrogens (tertiary/aromatic N) is 7. The first-order valence-corrected chi connectivity index (χ1v) is 16.4. The molecular formula is C34H42N8O4. The largest absolute Gasteiger partial charge is 0.444 e. The number of aromatic nitrogens is 6. The van der Waals surface area contributed by atoms with Crippen LogP contribution in [0.15, 0.2) is 45.5 Å². The molecule has 0 spiro atoms. The molecule has 46 heavy (non-hydrogen) atoms. The predicted octanol–water partition coefficient (Wildman–Crippen LogP) is 4.37. The highest BCUT2D eigenvalue weighted by Crippen LogP contribution is 2.39. The van der Waals surface area contributed by atoms with Crippen LogP contribution in [0.25, 0.3) is 22.1 Å². The van der Waals surface area contributed by atoms with Crippen LogP contribution < -0.4 is 21.5 Å². The van der Waals surface area contributed by atoms with Crippen molar-refractivity contribution in [2.75, 3.05) is 18.0 Å². The molecule has 1 unspecified atom stereocenters. The van der Waals surface area contributed by atoms with Crippen LogP contribution in [0.2, 0.25) is 0 Å². The number of imidazole rings is 1. The number of benzene rings is 1. The summed E-state index contributed by atoms with van der Waals surface area (Å²) in [4.78, 5) is 57.6. The summed E-state index contributed by atoms with van der Waals surface area (Å²) in [6.45, 7) is 7.32. The van der Waals surface area contributed by atoms with Gasteiger partial charge in [0.2, 0.25) is 5.95 Å². The van der Waals surface area contributed by atoms with Gasteiger partial charge in [0.25, 0.3) is 5.56 Å². The number of anilines is 1. The molecule has 1 N–H and O–H groups in total. The quantitative estimate of drug-likeness (QED) is 0.300. The molecule has 1 saturated carbocycles. The van der Waals surface area contributed by atoms with Gasteiger partial charge in [-0.2, -0.15) is 4.98 Å². The predicted molar refractivity (Wildman–Crippen MR) is 176 cm³/mol. The van der Waals surface area contributed by atoms with Crippen LogP contribution >= 0.6 is 0 Å². The minimum absolute atomic E-state index is 0.0407. The van der Waals surface area contributed by atoms with Gasteiger partial charge in [0, 0.05) is 44.0 Å². The molecule has 0 radical (unpaired) electrons. The molecule has 3 aromatic heterocycles. The van der Waals surface area contributed by atoms with E-state index in [0.717, 1.165) is 61.7 Å². The Morgan fingerprint density at radius 3 is 2.57 bits per heavy atom. The molecule has 242 valence electrons. The Morgan fingerprint density at radius 1 is 1.02 bits per heavy atom. The monoisotopic (exact) mass is 626 g/mol. The van der Waals surface area contributed by atoms with Gasteiger partial charge in [-0.15, -0.1) is 0 Å². The fourth-order valence-corrected chi connectivity index (χ4v) is 6.68. The van der Waals surface area contributed by atoms with Crippen molar-refractivity contribution >= 4 is 34.1 Å². The number of carbonyl (C=O) groups excluding carboxylic acids is 1. The summed E-state index contributed by atoms with van der Waals surface area (Å²) in [6, 6.07) is 7.63. The molecule has 0 bridgehead atoms. The molecule has 7 rings (SSSR count). The average molecular weight is 627 g/mol. The number of amides is 1. The molecule has 1 aromatic carbocycles. The Morgan fingerprint density at radius 2 is 1.83 bits per heavy atom.